The molecule has 0 fully saturated rings. The van der Waals surface area contributed by atoms with Gasteiger partial charge in [0.05, 0.1) is 15.9 Å². The molecule has 3 rings (SSSR count). The van der Waals surface area contributed by atoms with Crippen molar-refractivity contribution in [3.63, 3.8) is 0 Å². The number of aryl methyl sites for hydroxylation is 1. The fraction of sp³-hybridized carbons (Fsp3) is 0.158. The Balaban J connectivity index is 1.82. The lowest BCUT2D eigenvalue weighted by Gasteiger charge is -2.18. The zero-order chi connectivity index (χ0) is 17.8. The molecule has 2 aromatic heterocycles. The highest BCUT2D eigenvalue weighted by Crippen LogP contribution is 2.28. The molecule has 0 saturated heterocycles. The van der Waals surface area contributed by atoms with E-state index >= 15 is 0 Å². The lowest BCUT2D eigenvalue weighted by atomic mass is 10.0. The van der Waals surface area contributed by atoms with Crippen LogP contribution in [-0.2, 0) is 4.79 Å². The number of hydrogen-bond acceptors (Lipinski definition) is 4. The van der Waals surface area contributed by atoms with Crippen LogP contribution in [0.5, 0.6) is 0 Å². The second-order valence-electron chi connectivity index (χ2n) is 5.68. The maximum atomic E-state index is 12.7. The highest BCUT2D eigenvalue weighted by molar-refractivity contribution is 7.18. The van der Waals surface area contributed by atoms with Gasteiger partial charge in [-0.25, -0.2) is 0 Å². The number of nitrogens with one attached hydrogen (secondary N) is 2. The molecule has 0 radical (unpaired) electrons. The zero-order valence-corrected chi connectivity index (χ0v) is 15.5. The highest BCUT2D eigenvalue weighted by Gasteiger charge is 2.20. The lowest BCUT2D eigenvalue weighted by molar-refractivity contribution is -0.114. The fourth-order valence-corrected chi connectivity index (χ4v) is 4.09. The van der Waals surface area contributed by atoms with Crippen molar-refractivity contribution in [3.8, 4) is 0 Å². The van der Waals surface area contributed by atoms with Gasteiger partial charge >= 0.3 is 0 Å². The van der Waals surface area contributed by atoms with Gasteiger partial charge in [0.15, 0.2) is 0 Å². The standard InChI is InChI=1S/C19H18N2O2S2/c1-12-5-7-14(8-6-12)18(15-4-3-11-24-15)21-19(23)16-9-10-17(25-16)20-13(2)22/h3-11,18H,1-2H3,(H,20,22)(H,21,23). The summed E-state index contributed by atoms with van der Waals surface area (Å²) in [5.74, 6) is -0.300. The molecule has 128 valence electrons. The Bertz CT molecular complexity index is 867. The number of benzene rings is 1. The van der Waals surface area contributed by atoms with Gasteiger partial charge in [0.25, 0.3) is 5.91 Å². The Labute approximate surface area is 154 Å². The molecule has 25 heavy (non-hydrogen) atoms. The van der Waals surface area contributed by atoms with E-state index in [-0.39, 0.29) is 17.9 Å². The molecule has 2 amide bonds. The molecule has 3 aromatic rings. The minimum atomic E-state index is -0.195. The van der Waals surface area contributed by atoms with Crippen LogP contribution in [0.25, 0.3) is 0 Å². The maximum Gasteiger partial charge on any atom is 0.262 e. The van der Waals surface area contributed by atoms with E-state index in [2.05, 4.69) is 10.6 Å². The van der Waals surface area contributed by atoms with Crippen LogP contribution in [0.15, 0.2) is 53.9 Å². The van der Waals surface area contributed by atoms with Crippen LogP contribution in [0.2, 0.25) is 0 Å². The molecule has 0 bridgehead atoms. The Morgan fingerprint density at radius 3 is 2.44 bits per heavy atom. The van der Waals surface area contributed by atoms with E-state index < -0.39 is 0 Å². The van der Waals surface area contributed by atoms with Crippen molar-refractivity contribution >= 4 is 39.5 Å². The number of thiophene rings is 2. The molecule has 1 unspecified atom stereocenters. The SMILES string of the molecule is CC(=O)Nc1ccc(C(=O)NC(c2ccc(C)cc2)c2cccs2)s1. The van der Waals surface area contributed by atoms with Gasteiger partial charge in [0.1, 0.15) is 0 Å². The van der Waals surface area contributed by atoms with Crippen LogP contribution in [0.3, 0.4) is 0 Å². The van der Waals surface area contributed by atoms with Crippen LogP contribution >= 0.6 is 22.7 Å². The van der Waals surface area contributed by atoms with Crippen molar-refractivity contribution in [1.82, 2.24) is 5.32 Å². The van der Waals surface area contributed by atoms with Crippen LogP contribution in [-0.4, -0.2) is 11.8 Å². The molecule has 0 spiro atoms. The molecule has 6 heteroatoms. The fourth-order valence-electron chi connectivity index (χ4n) is 2.44. The number of carbonyl (C=O) groups excluding carboxylic acids is 2. The second kappa shape index (κ2) is 7.63. The van der Waals surface area contributed by atoms with Crippen molar-refractivity contribution in [2.45, 2.75) is 19.9 Å². The van der Waals surface area contributed by atoms with E-state index in [1.807, 2.05) is 48.7 Å². The predicted molar refractivity (Wildman–Crippen MR) is 103 cm³/mol. The molecular weight excluding hydrogens is 352 g/mol. The average Bonchev–Trinajstić information content (AvgIpc) is 3.24. The first-order valence-corrected chi connectivity index (χ1v) is 9.51. The lowest BCUT2D eigenvalue weighted by Crippen LogP contribution is -2.28. The maximum absolute atomic E-state index is 12.7. The van der Waals surface area contributed by atoms with Gasteiger partial charge in [0.2, 0.25) is 5.91 Å². The summed E-state index contributed by atoms with van der Waals surface area (Å²) in [6.45, 7) is 3.49. The molecular formula is C19H18N2O2S2. The minimum Gasteiger partial charge on any atom is -0.340 e. The van der Waals surface area contributed by atoms with E-state index in [1.54, 1.807) is 23.5 Å². The van der Waals surface area contributed by atoms with Crippen LogP contribution in [0.1, 0.15) is 38.6 Å². The molecule has 4 nitrogen and oxygen atoms in total. The first-order valence-electron chi connectivity index (χ1n) is 7.81. The van der Waals surface area contributed by atoms with Crippen molar-refractivity contribution < 1.29 is 9.59 Å². The molecule has 1 atom stereocenters. The van der Waals surface area contributed by atoms with E-state index in [0.29, 0.717) is 9.88 Å². The Hall–Kier alpha value is -2.44. The average molecular weight is 370 g/mol. The first kappa shape index (κ1) is 17.4. The third kappa shape index (κ3) is 4.35. The summed E-state index contributed by atoms with van der Waals surface area (Å²) in [5.41, 5.74) is 2.22. The summed E-state index contributed by atoms with van der Waals surface area (Å²) < 4.78 is 0. The number of amides is 2. The van der Waals surface area contributed by atoms with Crippen LogP contribution in [0, 0.1) is 6.92 Å². The van der Waals surface area contributed by atoms with Crippen molar-refractivity contribution in [2.75, 3.05) is 5.32 Å². The summed E-state index contributed by atoms with van der Waals surface area (Å²) in [4.78, 5) is 25.5. The summed E-state index contributed by atoms with van der Waals surface area (Å²) in [6, 6.07) is 15.4. The zero-order valence-electron chi connectivity index (χ0n) is 13.9. The van der Waals surface area contributed by atoms with Crippen molar-refractivity contribution in [3.05, 3.63) is 74.8 Å². The smallest absolute Gasteiger partial charge is 0.262 e. The third-order valence-electron chi connectivity index (χ3n) is 3.64. The van der Waals surface area contributed by atoms with Gasteiger partial charge in [-0.05, 0) is 36.1 Å². The summed E-state index contributed by atoms with van der Waals surface area (Å²) >= 11 is 2.88. The molecule has 1 aromatic carbocycles. The molecule has 0 aliphatic rings. The van der Waals surface area contributed by atoms with Gasteiger partial charge in [0, 0.05) is 11.8 Å². The van der Waals surface area contributed by atoms with E-state index in [0.717, 1.165) is 10.4 Å². The Morgan fingerprint density at radius 1 is 1.04 bits per heavy atom. The summed E-state index contributed by atoms with van der Waals surface area (Å²) in [5, 5.41) is 8.48. The van der Waals surface area contributed by atoms with Gasteiger partial charge in [-0.2, -0.15) is 0 Å². The number of carbonyl (C=O) groups is 2. The quantitative estimate of drug-likeness (QED) is 0.690. The molecule has 0 aliphatic carbocycles. The summed E-state index contributed by atoms with van der Waals surface area (Å²) in [6.07, 6.45) is 0. The monoisotopic (exact) mass is 370 g/mol. The van der Waals surface area contributed by atoms with Crippen molar-refractivity contribution in [2.24, 2.45) is 0 Å². The van der Waals surface area contributed by atoms with Crippen LogP contribution < -0.4 is 10.6 Å². The van der Waals surface area contributed by atoms with Gasteiger partial charge in [-0.1, -0.05) is 35.9 Å². The Kier molecular flexibility index (Phi) is 5.31. The largest absolute Gasteiger partial charge is 0.340 e. The van der Waals surface area contributed by atoms with Crippen LogP contribution in [0.4, 0.5) is 5.00 Å². The number of hydrogen-bond donors (Lipinski definition) is 2. The van der Waals surface area contributed by atoms with E-state index in [1.165, 1.54) is 23.8 Å². The molecule has 2 N–H and O–H groups in total. The van der Waals surface area contributed by atoms with Gasteiger partial charge in [-0.15, -0.1) is 22.7 Å². The predicted octanol–water partition coefficient (Wildman–Crippen LogP) is 4.60. The van der Waals surface area contributed by atoms with Gasteiger partial charge < -0.3 is 10.6 Å². The third-order valence-corrected chi connectivity index (χ3v) is 5.58. The Morgan fingerprint density at radius 2 is 1.80 bits per heavy atom. The van der Waals surface area contributed by atoms with E-state index in [9.17, 15) is 9.59 Å². The molecule has 2 heterocycles. The molecule has 0 saturated carbocycles. The number of rotatable bonds is 5. The van der Waals surface area contributed by atoms with Crippen molar-refractivity contribution in [1.29, 1.82) is 0 Å². The first-order chi connectivity index (χ1) is 12.0. The minimum absolute atomic E-state index is 0.148. The summed E-state index contributed by atoms with van der Waals surface area (Å²) in [7, 11) is 0. The normalized spacial score (nSPS) is 11.8. The van der Waals surface area contributed by atoms with E-state index in [4.69, 9.17) is 0 Å². The highest BCUT2D eigenvalue weighted by atomic mass is 32.1. The van der Waals surface area contributed by atoms with Gasteiger partial charge in [-0.3, -0.25) is 9.59 Å². The molecule has 0 aliphatic heterocycles. The number of anilines is 1. The topological polar surface area (TPSA) is 58.2 Å². The second-order valence-corrected chi connectivity index (χ2v) is 7.74.